The van der Waals surface area contributed by atoms with Crippen molar-refractivity contribution in [2.45, 2.75) is 5.41 Å². The Balaban J connectivity index is 1.30. The summed E-state index contributed by atoms with van der Waals surface area (Å²) < 4.78 is 0. The van der Waals surface area contributed by atoms with Crippen LogP contribution in [0.3, 0.4) is 0 Å². The number of hydrogen-bond acceptors (Lipinski definition) is 7. The number of anilines is 3. The van der Waals surface area contributed by atoms with Gasteiger partial charge in [-0.1, -0.05) is 91.0 Å². The lowest BCUT2D eigenvalue weighted by Crippen LogP contribution is -2.36. The molecule has 0 N–H and O–H groups in total. The molecule has 5 nitrogen and oxygen atoms in total. The quantitative estimate of drug-likeness (QED) is 0.187. The lowest BCUT2D eigenvalue weighted by Gasteiger charge is -2.44. The highest BCUT2D eigenvalue weighted by Gasteiger charge is 2.53. The summed E-state index contributed by atoms with van der Waals surface area (Å²) in [5.41, 5.74) is 9.39. The first-order valence-corrected chi connectivity index (χ1v) is 18.3. The van der Waals surface area contributed by atoms with Gasteiger partial charge in [-0.2, -0.15) is 9.97 Å². The van der Waals surface area contributed by atoms with Gasteiger partial charge < -0.3 is 0 Å². The normalized spacial score (nSPS) is 13.7. The first kappa shape index (κ1) is 27.9. The minimum Gasteiger partial charge on any atom is -0.278 e. The summed E-state index contributed by atoms with van der Waals surface area (Å²) >= 11 is 3.66. The molecule has 9 aromatic rings. The number of pyridine rings is 1. The molecule has 7 heteroatoms. The molecule has 0 radical (unpaired) electrons. The van der Waals surface area contributed by atoms with E-state index in [1.807, 2.05) is 71.3 Å². The molecule has 5 heterocycles. The summed E-state index contributed by atoms with van der Waals surface area (Å²) in [6.07, 6.45) is 1.87. The van der Waals surface area contributed by atoms with Gasteiger partial charge in [-0.3, -0.25) is 9.88 Å². The Morgan fingerprint density at radius 3 is 1.66 bits per heavy atom. The van der Waals surface area contributed by atoms with E-state index in [-0.39, 0.29) is 0 Å². The summed E-state index contributed by atoms with van der Waals surface area (Å²) in [6.45, 7) is 0. The molecule has 2 aliphatic rings. The zero-order valence-electron chi connectivity index (χ0n) is 26.5. The van der Waals surface area contributed by atoms with Crippen molar-refractivity contribution in [2.75, 3.05) is 4.90 Å². The minimum atomic E-state index is -0.530. The Morgan fingerprint density at radius 1 is 0.480 bits per heavy atom. The van der Waals surface area contributed by atoms with Crippen LogP contribution in [0.4, 0.5) is 17.3 Å². The molecule has 0 amide bonds. The van der Waals surface area contributed by atoms with Crippen LogP contribution < -0.4 is 4.90 Å². The van der Waals surface area contributed by atoms with Gasteiger partial charge in [-0.25, -0.2) is 4.98 Å². The third-order valence-electron chi connectivity index (χ3n) is 10.1. The molecule has 0 fully saturated rings. The number of nitrogens with zero attached hydrogens (tertiary/aromatic N) is 5. The van der Waals surface area contributed by atoms with Crippen LogP contribution in [0.2, 0.25) is 0 Å². The van der Waals surface area contributed by atoms with Crippen LogP contribution in [0, 0.1) is 0 Å². The van der Waals surface area contributed by atoms with Gasteiger partial charge in [0.05, 0.1) is 22.3 Å². The highest BCUT2D eigenvalue weighted by molar-refractivity contribution is 7.21. The zero-order chi connectivity index (χ0) is 32.8. The van der Waals surface area contributed by atoms with Crippen molar-refractivity contribution < 1.29 is 0 Å². The SMILES string of the molecule is c1ccc(-c2nc(-c3ccccc3)nc(N3c4cc5ccccc5cc4C4(c5cc6cccnc6cc53)c3ccsc3-c3sccc34)n2)cc1. The molecular weight excluding hydrogens is 651 g/mol. The van der Waals surface area contributed by atoms with Crippen LogP contribution in [0.1, 0.15) is 22.3 Å². The second kappa shape index (κ2) is 10.5. The number of thiophene rings is 2. The largest absolute Gasteiger partial charge is 0.278 e. The summed E-state index contributed by atoms with van der Waals surface area (Å²) in [7, 11) is 0. The third-order valence-corrected chi connectivity index (χ3v) is 12.1. The first-order chi connectivity index (χ1) is 24.8. The summed E-state index contributed by atoms with van der Waals surface area (Å²) in [6, 6.07) is 47.2. The van der Waals surface area contributed by atoms with Crippen LogP contribution >= 0.6 is 22.7 Å². The second-order valence-corrected chi connectivity index (χ2v) is 14.5. The standard InChI is InChI=1S/C43H25N5S2/c1-3-10-26(11-4-1)40-45-41(27-12-5-2-6-13-27)47-42(46-40)48-36-24-29-15-8-7-14-28(29)22-33(36)43(31-17-20-49-38(31)39-32(43)18-21-50-39)34-23-30-16-9-19-44-35(30)25-37(34)48/h1-25H. The van der Waals surface area contributed by atoms with E-state index in [2.05, 4.69) is 107 Å². The molecule has 11 rings (SSSR count). The number of fused-ring (bicyclic) bond motifs is 11. The first-order valence-electron chi connectivity index (χ1n) is 16.5. The van der Waals surface area contributed by atoms with Crippen molar-refractivity contribution in [1.82, 2.24) is 19.9 Å². The molecule has 0 bridgehead atoms. The molecule has 0 saturated heterocycles. The predicted octanol–water partition coefficient (Wildman–Crippen LogP) is 11.2. The van der Waals surface area contributed by atoms with E-state index in [0.717, 1.165) is 38.8 Å². The van der Waals surface area contributed by atoms with Crippen molar-refractivity contribution in [2.24, 2.45) is 0 Å². The van der Waals surface area contributed by atoms with Crippen LogP contribution in [0.15, 0.2) is 150 Å². The maximum Gasteiger partial charge on any atom is 0.238 e. The fourth-order valence-electron chi connectivity index (χ4n) is 7.98. The smallest absolute Gasteiger partial charge is 0.238 e. The maximum atomic E-state index is 5.28. The molecule has 1 aliphatic carbocycles. The van der Waals surface area contributed by atoms with Gasteiger partial charge in [0, 0.05) is 32.5 Å². The molecule has 0 atom stereocenters. The van der Waals surface area contributed by atoms with E-state index < -0.39 is 5.41 Å². The minimum absolute atomic E-state index is 0.530. The Morgan fingerprint density at radius 2 is 1.02 bits per heavy atom. The molecule has 0 unspecified atom stereocenters. The summed E-state index contributed by atoms with van der Waals surface area (Å²) in [5, 5.41) is 7.94. The highest BCUT2D eigenvalue weighted by Crippen LogP contribution is 2.66. The van der Waals surface area contributed by atoms with E-state index >= 15 is 0 Å². The maximum absolute atomic E-state index is 5.28. The van der Waals surface area contributed by atoms with Gasteiger partial charge in [0.15, 0.2) is 11.6 Å². The van der Waals surface area contributed by atoms with Crippen molar-refractivity contribution in [3.63, 3.8) is 0 Å². The fourth-order valence-corrected chi connectivity index (χ4v) is 10.1. The zero-order valence-corrected chi connectivity index (χ0v) is 28.1. The number of rotatable bonds is 3. The molecule has 1 spiro atoms. The van der Waals surface area contributed by atoms with E-state index in [0.29, 0.717) is 17.6 Å². The van der Waals surface area contributed by atoms with Crippen LogP contribution in [0.25, 0.3) is 54.2 Å². The lowest BCUT2D eigenvalue weighted by atomic mass is 9.65. The Bertz CT molecular complexity index is 2600. The van der Waals surface area contributed by atoms with E-state index in [9.17, 15) is 0 Å². The van der Waals surface area contributed by atoms with Gasteiger partial charge in [0.25, 0.3) is 0 Å². The van der Waals surface area contributed by atoms with Gasteiger partial charge in [-0.15, -0.1) is 22.7 Å². The Labute approximate surface area is 295 Å². The summed E-state index contributed by atoms with van der Waals surface area (Å²) in [5.74, 6) is 1.81. The fraction of sp³-hybridized carbons (Fsp3) is 0.0233. The highest BCUT2D eigenvalue weighted by atomic mass is 32.1. The number of aromatic nitrogens is 4. The van der Waals surface area contributed by atoms with Gasteiger partial charge in [0.1, 0.15) is 0 Å². The van der Waals surface area contributed by atoms with Crippen molar-refractivity contribution in [3.8, 4) is 32.5 Å². The number of hydrogen-bond donors (Lipinski definition) is 0. The van der Waals surface area contributed by atoms with E-state index in [1.54, 1.807) is 0 Å². The second-order valence-electron chi connectivity index (χ2n) is 12.7. The van der Waals surface area contributed by atoms with Crippen molar-refractivity contribution >= 4 is 61.7 Å². The Kier molecular flexibility index (Phi) is 5.85. The van der Waals surface area contributed by atoms with Gasteiger partial charge in [0.2, 0.25) is 5.95 Å². The van der Waals surface area contributed by atoms with Crippen molar-refractivity contribution in [1.29, 1.82) is 0 Å². The van der Waals surface area contributed by atoms with Gasteiger partial charge >= 0.3 is 0 Å². The predicted molar refractivity (Wildman–Crippen MR) is 205 cm³/mol. The molecule has 4 aromatic heterocycles. The van der Waals surface area contributed by atoms with Crippen LogP contribution in [-0.4, -0.2) is 19.9 Å². The van der Waals surface area contributed by atoms with E-state index in [1.165, 1.54) is 37.4 Å². The topological polar surface area (TPSA) is 54.8 Å². The molecule has 0 saturated carbocycles. The molecule has 234 valence electrons. The Hall–Kier alpha value is -6.02. The molecule has 1 aliphatic heterocycles. The molecular formula is C43H25N5S2. The van der Waals surface area contributed by atoms with Gasteiger partial charge in [-0.05, 0) is 86.3 Å². The van der Waals surface area contributed by atoms with Crippen LogP contribution in [0.5, 0.6) is 0 Å². The van der Waals surface area contributed by atoms with Crippen molar-refractivity contribution in [3.05, 3.63) is 173 Å². The lowest BCUT2D eigenvalue weighted by molar-refractivity contribution is 0.755. The average molecular weight is 676 g/mol. The summed E-state index contributed by atoms with van der Waals surface area (Å²) in [4.78, 5) is 25.4. The monoisotopic (exact) mass is 675 g/mol. The molecule has 5 aromatic carbocycles. The molecule has 50 heavy (non-hydrogen) atoms. The van der Waals surface area contributed by atoms with Crippen LogP contribution in [-0.2, 0) is 5.41 Å². The van der Waals surface area contributed by atoms with E-state index in [4.69, 9.17) is 19.9 Å². The number of benzene rings is 5. The average Bonchev–Trinajstić information content (AvgIpc) is 3.91. The third kappa shape index (κ3) is 3.81.